The summed E-state index contributed by atoms with van der Waals surface area (Å²) in [6.07, 6.45) is -0.180. The van der Waals surface area contributed by atoms with Crippen LogP contribution in [0.15, 0.2) is 36.9 Å². The van der Waals surface area contributed by atoms with E-state index in [0.717, 1.165) is 11.6 Å². The number of rotatable bonds is 6. The molecule has 0 bridgehead atoms. The fourth-order valence-electron chi connectivity index (χ4n) is 3.76. The van der Waals surface area contributed by atoms with E-state index in [4.69, 9.17) is 5.26 Å². The van der Waals surface area contributed by atoms with Gasteiger partial charge in [0.05, 0.1) is 47.4 Å². The molecule has 0 atom stereocenters. The summed E-state index contributed by atoms with van der Waals surface area (Å²) >= 11 is 0. The average molecular weight is 512 g/mol. The Morgan fingerprint density at radius 3 is 2.62 bits per heavy atom. The normalized spacial score (nSPS) is 13.5. The van der Waals surface area contributed by atoms with E-state index in [1.807, 2.05) is 0 Å². The maximum Gasteiger partial charge on any atom is 0.417 e. The standard InChI is InChI=1S/C24H23F3N8O2/c1-23(2,37)12-31-22(36)18-9-30-20(10-29-18)34-21-16-5-6-35(11-19(16)32-13-33-21)15-4-3-14(8-28)17(7-15)24(25,26)27/h3-4,7,9-10,13,37H,5-6,11-12H2,1-2H3,(H,31,36)(H,30,32,33,34). The number of hydrogen-bond acceptors (Lipinski definition) is 9. The first-order valence-corrected chi connectivity index (χ1v) is 11.2. The first kappa shape index (κ1) is 25.8. The number of alkyl halides is 3. The molecule has 0 fully saturated rings. The summed E-state index contributed by atoms with van der Waals surface area (Å²) in [5.41, 5.74) is -0.615. The zero-order valence-corrected chi connectivity index (χ0v) is 20.0. The van der Waals surface area contributed by atoms with Gasteiger partial charge in [-0.3, -0.25) is 4.79 Å². The second-order valence-electron chi connectivity index (χ2n) is 9.07. The van der Waals surface area contributed by atoms with Gasteiger partial charge in [-0.2, -0.15) is 18.4 Å². The van der Waals surface area contributed by atoms with Crippen molar-refractivity contribution in [1.29, 1.82) is 5.26 Å². The van der Waals surface area contributed by atoms with Crippen LogP contribution in [0, 0.1) is 11.3 Å². The number of halogens is 3. The van der Waals surface area contributed by atoms with E-state index in [1.54, 1.807) is 24.8 Å². The van der Waals surface area contributed by atoms with Crippen LogP contribution in [-0.2, 0) is 19.1 Å². The molecule has 3 heterocycles. The van der Waals surface area contributed by atoms with E-state index in [0.29, 0.717) is 36.0 Å². The van der Waals surface area contributed by atoms with Crippen LogP contribution in [0.25, 0.3) is 0 Å². The third-order valence-corrected chi connectivity index (χ3v) is 5.61. The number of amides is 1. The zero-order valence-electron chi connectivity index (χ0n) is 20.0. The molecule has 1 aliphatic rings. The smallest absolute Gasteiger partial charge is 0.389 e. The van der Waals surface area contributed by atoms with Crippen molar-refractivity contribution in [3.63, 3.8) is 0 Å². The number of benzene rings is 1. The first-order chi connectivity index (χ1) is 17.4. The number of anilines is 3. The lowest BCUT2D eigenvalue weighted by molar-refractivity contribution is -0.137. The van der Waals surface area contributed by atoms with E-state index in [1.165, 1.54) is 30.9 Å². The Labute approximate surface area is 210 Å². The predicted molar refractivity (Wildman–Crippen MR) is 127 cm³/mol. The molecule has 1 amide bonds. The van der Waals surface area contributed by atoms with Crippen molar-refractivity contribution in [2.24, 2.45) is 0 Å². The number of nitriles is 1. The van der Waals surface area contributed by atoms with Crippen molar-refractivity contribution in [3.05, 3.63) is 65.0 Å². The van der Waals surface area contributed by atoms with Gasteiger partial charge in [-0.25, -0.2) is 19.9 Å². The van der Waals surface area contributed by atoms with Crippen molar-refractivity contribution in [2.75, 3.05) is 23.3 Å². The van der Waals surface area contributed by atoms with Gasteiger partial charge >= 0.3 is 6.18 Å². The van der Waals surface area contributed by atoms with Gasteiger partial charge in [-0.05, 0) is 38.5 Å². The minimum absolute atomic E-state index is 0.0532. The monoisotopic (exact) mass is 512 g/mol. The molecule has 3 aromatic rings. The summed E-state index contributed by atoms with van der Waals surface area (Å²) in [5, 5.41) is 24.4. The highest BCUT2D eigenvalue weighted by Gasteiger charge is 2.34. The molecule has 13 heteroatoms. The molecule has 0 spiro atoms. The molecular weight excluding hydrogens is 489 g/mol. The Morgan fingerprint density at radius 2 is 1.97 bits per heavy atom. The highest BCUT2D eigenvalue weighted by Crippen LogP contribution is 2.36. The number of nitrogens with one attached hydrogen (secondary N) is 2. The molecule has 1 aliphatic heterocycles. The zero-order chi connectivity index (χ0) is 26.8. The van der Waals surface area contributed by atoms with Gasteiger partial charge in [0.1, 0.15) is 23.7 Å². The number of aromatic nitrogens is 4. The molecule has 4 rings (SSSR count). The number of aliphatic hydroxyl groups is 1. The van der Waals surface area contributed by atoms with Crippen molar-refractivity contribution in [2.45, 2.75) is 38.6 Å². The molecule has 0 unspecified atom stereocenters. The van der Waals surface area contributed by atoms with Crippen LogP contribution in [0.5, 0.6) is 0 Å². The fraction of sp³-hybridized carbons (Fsp3) is 0.333. The molecule has 0 saturated heterocycles. The van der Waals surface area contributed by atoms with Crippen LogP contribution in [-0.4, -0.2) is 49.6 Å². The molecule has 10 nitrogen and oxygen atoms in total. The minimum Gasteiger partial charge on any atom is -0.389 e. The number of carbonyl (C=O) groups excluding carboxylic acids is 1. The van der Waals surface area contributed by atoms with Crippen LogP contribution in [0.2, 0.25) is 0 Å². The maximum absolute atomic E-state index is 13.4. The second kappa shape index (κ2) is 9.98. The lowest BCUT2D eigenvalue weighted by Gasteiger charge is -2.31. The predicted octanol–water partition coefficient (Wildman–Crippen LogP) is 2.96. The Bertz CT molecular complexity index is 1350. The number of carbonyl (C=O) groups is 1. The lowest BCUT2D eigenvalue weighted by atomic mass is 10.0. The Hall–Kier alpha value is -4.31. The van der Waals surface area contributed by atoms with E-state index in [9.17, 15) is 23.1 Å². The quantitative estimate of drug-likeness (QED) is 0.455. The maximum atomic E-state index is 13.4. The molecule has 0 aliphatic carbocycles. The van der Waals surface area contributed by atoms with Gasteiger partial charge in [-0.1, -0.05) is 0 Å². The third kappa shape index (κ3) is 6.10. The van der Waals surface area contributed by atoms with Crippen LogP contribution in [0.3, 0.4) is 0 Å². The van der Waals surface area contributed by atoms with Crippen molar-refractivity contribution >= 4 is 23.2 Å². The Kier molecular flexibility index (Phi) is 6.95. The number of fused-ring (bicyclic) bond motifs is 1. The molecule has 0 radical (unpaired) electrons. The molecule has 37 heavy (non-hydrogen) atoms. The Balaban J connectivity index is 1.48. The van der Waals surface area contributed by atoms with Gasteiger partial charge in [-0.15, -0.1) is 0 Å². The lowest BCUT2D eigenvalue weighted by Crippen LogP contribution is -2.38. The minimum atomic E-state index is -4.64. The van der Waals surface area contributed by atoms with Crippen LogP contribution in [0.4, 0.5) is 30.5 Å². The largest absolute Gasteiger partial charge is 0.417 e. The van der Waals surface area contributed by atoms with E-state index < -0.39 is 28.8 Å². The summed E-state index contributed by atoms with van der Waals surface area (Å²) in [4.78, 5) is 30.8. The van der Waals surface area contributed by atoms with Gasteiger partial charge in [0.2, 0.25) is 0 Å². The summed E-state index contributed by atoms with van der Waals surface area (Å²) < 4.78 is 40.2. The van der Waals surface area contributed by atoms with Crippen LogP contribution in [0.1, 0.15) is 46.7 Å². The average Bonchev–Trinajstić information content (AvgIpc) is 2.86. The molecule has 192 valence electrons. The van der Waals surface area contributed by atoms with Crippen molar-refractivity contribution in [3.8, 4) is 6.07 Å². The van der Waals surface area contributed by atoms with Crippen LogP contribution >= 0.6 is 0 Å². The third-order valence-electron chi connectivity index (χ3n) is 5.61. The van der Waals surface area contributed by atoms with Crippen molar-refractivity contribution in [1.82, 2.24) is 25.3 Å². The summed E-state index contributed by atoms with van der Waals surface area (Å²) in [5.74, 6) is 0.343. The topological polar surface area (TPSA) is 140 Å². The van der Waals surface area contributed by atoms with Gasteiger partial charge in [0.25, 0.3) is 5.91 Å². The van der Waals surface area contributed by atoms with Gasteiger partial charge < -0.3 is 20.6 Å². The highest BCUT2D eigenvalue weighted by atomic mass is 19.4. The molecular formula is C24H23F3N8O2. The first-order valence-electron chi connectivity index (χ1n) is 11.2. The summed E-state index contributed by atoms with van der Waals surface area (Å²) in [7, 11) is 0. The number of hydrogen-bond donors (Lipinski definition) is 3. The van der Waals surface area contributed by atoms with Gasteiger partial charge in [0.15, 0.2) is 0 Å². The molecule has 1 aromatic carbocycles. The van der Waals surface area contributed by atoms with Crippen LogP contribution < -0.4 is 15.5 Å². The van der Waals surface area contributed by atoms with E-state index >= 15 is 0 Å². The summed E-state index contributed by atoms with van der Waals surface area (Å²) in [6.45, 7) is 3.85. The summed E-state index contributed by atoms with van der Waals surface area (Å²) in [6, 6.07) is 5.24. The second-order valence-corrected chi connectivity index (χ2v) is 9.07. The molecule has 0 saturated carbocycles. The van der Waals surface area contributed by atoms with Crippen molar-refractivity contribution < 1.29 is 23.1 Å². The number of nitrogens with zero attached hydrogens (tertiary/aromatic N) is 6. The fourth-order valence-corrected chi connectivity index (χ4v) is 3.76. The molecule has 2 aromatic heterocycles. The van der Waals surface area contributed by atoms with Gasteiger partial charge in [0, 0.05) is 24.3 Å². The SMILES string of the molecule is CC(C)(O)CNC(=O)c1cnc(Nc2ncnc3c2CCN(c2ccc(C#N)c(C(F)(F)F)c2)C3)cn1. The highest BCUT2D eigenvalue weighted by molar-refractivity contribution is 5.92. The molecule has 3 N–H and O–H groups in total. The Morgan fingerprint density at radius 1 is 1.19 bits per heavy atom. The van der Waals surface area contributed by atoms with E-state index in [2.05, 4.69) is 30.6 Å². The van der Waals surface area contributed by atoms with E-state index in [-0.39, 0.29) is 18.8 Å².